The van der Waals surface area contributed by atoms with Gasteiger partial charge in [-0.1, -0.05) is 167 Å². The van der Waals surface area contributed by atoms with Gasteiger partial charge in [-0.2, -0.15) is 0 Å². The zero-order chi connectivity index (χ0) is 40.6. The highest BCUT2D eigenvalue weighted by Gasteiger charge is 2.37. The molecule has 60 heavy (non-hydrogen) atoms. The number of nitrogens with zero attached hydrogens (tertiary/aromatic N) is 2. The Hall–Kier alpha value is -7.16. The largest absolute Gasteiger partial charge is 0.310 e. The molecule has 0 bridgehead atoms. The Kier molecular flexibility index (Phi) is 8.22. The SMILES string of the molecule is CC1(C)c2ccccc2-c2cc(N(c3ccc(-c4ccc(N(c5ccccc5)c5cccc6ccccc56)cc4)cc3)c3ccc4c(c3)-c3ccccc3C4(C)C)ccc21. The minimum Gasteiger partial charge on any atom is -0.310 e. The van der Waals surface area contributed by atoms with Gasteiger partial charge in [0.25, 0.3) is 0 Å². The van der Waals surface area contributed by atoms with Crippen LogP contribution in [0.2, 0.25) is 0 Å². The summed E-state index contributed by atoms with van der Waals surface area (Å²) in [5.41, 5.74) is 19.9. The summed E-state index contributed by atoms with van der Waals surface area (Å²) in [6, 6.07) is 76.0. The smallest absolute Gasteiger partial charge is 0.0540 e. The second kappa shape index (κ2) is 13.7. The number of rotatable bonds is 7. The third kappa shape index (κ3) is 5.62. The minimum absolute atomic E-state index is 0.0532. The van der Waals surface area contributed by atoms with Crippen LogP contribution in [0.4, 0.5) is 34.1 Å². The molecule has 0 unspecified atom stereocenters. The summed E-state index contributed by atoms with van der Waals surface area (Å²) in [4.78, 5) is 4.80. The lowest BCUT2D eigenvalue weighted by atomic mass is 9.82. The molecule has 0 radical (unpaired) electrons. The molecule has 0 saturated carbocycles. The summed E-state index contributed by atoms with van der Waals surface area (Å²) < 4.78 is 0. The lowest BCUT2D eigenvalue weighted by Crippen LogP contribution is -2.16. The fourth-order valence-electron chi connectivity index (χ4n) is 10.2. The van der Waals surface area contributed by atoms with Crippen LogP contribution in [0.25, 0.3) is 44.2 Å². The molecule has 0 aliphatic heterocycles. The van der Waals surface area contributed by atoms with Crippen LogP contribution in [0.15, 0.2) is 206 Å². The summed E-state index contributed by atoms with van der Waals surface area (Å²) >= 11 is 0. The topological polar surface area (TPSA) is 6.48 Å². The van der Waals surface area contributed by atoms with Gasteiger partial charge in [-0.25, -0.2) is 0 Å². The Bertz CT molecular complexity index is 2970. The molecule has 0 heterocycles. The molecule has 0 amide bonds. The van der Waals surface area contributed by atoms with E-state index in [1.807, 2.05) is 0 Å². The van der Waals surface area contributed by atoms with E-state index < -0.39 is 0 Å². The van der Waals surface area contributed by atoms with Gasteiger partial charge in [0.2, 0.25) is 0 Å². The Labute approximate surface area is 353 Å². The molecule has 0 fully saturated rings. The van der Waals surface area contributed by atoms with Crippen molar-refractivity contribution in [3.8, 4) is 33.4 Å². The van der Waals surface area contributed by atoms with E-state index in [0.717, 1.165) is 34.1 Å². The van der Waals surface area contributed by atoms with Gasteiger partial charge in [-0.3, -0.25) is 0 Å². The van der Waals surface area contributed by atoms with E-state index in [-0.39, 0.29) is 10.8 Å². The molecule has 11 rings (SSSR count). The second-order valence-electron chi connectivity index (χ2n) is 17.4. The standard InChI is InChI=1S/C58H46N2/c1-57(2)52-22-12-10-20-48(52)50-37-45(33-35-54(50)57)59(46-34-36-55-51(38-46)49-21-11-13-23-53(49)58(55,3)4)43-29-25-39(26-30-43)40-27-31-44(32-28-40)60(42-17-6-5-7-18-42)56-24-14-16-41-15-8-9-19-47(41)56/h5-38H,1-4H3. The van der Waals surface area contributed by atoms with Crippen molar-refractivity contribution in [3.05, 3.63) is 229 Å². The number of hydrogen-bond acceptors (Lipinski definition) is 2. The van der Waals surface area contributed by atoms with E-state index in [2.05, 4.69) is 244 Å². The average molecular weight is 771 g/mol. The van der Waals surface area contributed by atoms with E-state index in [4.69, 9.17) is 0 Å². The molecule has 0 saturated heterocycles. The van der Waals surface area contributed by atoms with E-state index >= 15 is 0 Å². The molecule has 9 aromatic carbocycles. The lowest BCUT2D eigenvalue weighted by Gasteiger charge is -2.28. The van der Waals surface area contributed by atoms with E-state index in [9.17, 15) is 0 Å². The molecule has 2 nitrogen and oxygen atoms in total. The van der Waals surface area contributed by atoms with Crippen molar-refractivity contribution >= 4 is 44.9 Å². The van der Waals surface area contributed by atoms with Crippen LogP contribution in [0.3, 0.4) is 0 Å². The first-order valence-corrected chi connectivity index (χ1v) is 21.1. The van der Waals surface area contributed by atoms with Gasteiger partial charge in [0.1, 0.15) is 0 Å². The Morgan fingerprint density at radius 3 is 1.28 bits per heavy atom. The van der Waals surface area contributed by atoms with Crippen LogP contribution in [0.1, 0.15) is 49.9 Å². The first-order valence-electron chi connectivity index (χ1n) is 21.1. The normalized spacial score (nSPS) is 13.9. The summed E-state index contributed by atoms with van der Waals surface area (Å²) in [5, 5.41) is 2.45. The van der Waals surface area contributed by atoms with E-state index in [1.54, 1.807) is 0 Å². The summed E-state index contributed by atoms with van der Waals surface area (Å²) in [6.45, 7) is 9.40. The Morgan fingerprint density at radius 1 is 0.300 bits per heavy atom. The van der Waals surface area contributed by atoms with Crippen molar-refractivity contribution < 1.29 is 0 Å². The minimum atomic E-state index is -0.0532. The Balaban J connectivity index is 0.994. The molecule has 2 heteroatoms. The third-order valence-corrected chi connectivity index (χ3v) is 13.3. The van der Waals surface area contributed by atoms with Crippen molar-refractivity contribution in [3.63, 3.8) is 0 Å². The monoisotopic (exact) mass is 770 g/mol. The molecule has 0 N–H and O–H groups in total. The quantitative estimate of drug-likeness (QED) is 0.159. The summed E-state index contributed by atoms with van der Waals surface area (Å²) in [5.74, 6) is 0. The van der Waals surface area contributed by atoms with Gasteiger partial charge in [0.15, 0.2) is 0 Å². The van der Waals surface area contributed by atoms with Crippen molar-refractivity contribution in [1.82, 2.24) is 0 Å². The molecule has 288 valence electrons. The zero-order valence-corrected chi connectivity index (χ0v) is 34.5. The molecule has 0 spiro atoms. The van der Waals surface area contributed by atoms with Crippen LogP contribution in [0, 0.1) is 0 Å². The maximum atomic E-state index is 2.44. The van der Waals surface area contributed by atoms with E-state index in [1.165, 1.54) is 66.4 Å². The molecular formula is C58H46N2. The molecular weight excluding hydrogens is 725 g/mol. The summed E-state index contributed by atoms with van der Waals surface area (Å²) in [6.07, 6.45) is 0. The highest BCUT2D eigenvalue weighted by atomic mass is 15.1. The van der Waals surface area contributed by atoms with Crippen LogP contribution in [0.5, 0.6) is 0 Å². The van der Waals surface area contributed by atoms with E-state index in [0.29, 0.717) is 0 Å². The zero-order valence-electron chi connectivity index (χ0n) is 34.5. The lowest BCUT2D eigenvalue weighted by molar-refractivity contribution is 0.660. The molecule has 0 aromatic heterocycles. The maximum Gasteiger partial charge on any atom is 0.0540 e. The molecule has 2 aliphatic rings. The van der Waals surface area contributed by atoms with Gasteiger partial charge in [-0.05, 0) is 128 Å². The number of hydrogen-bond donors (Lipinski definition) is 0. The van der Waals surface area contributed by atoms with Crippen LogP contribution >= 0.6 is 0 Å². The van der Waals surface area contributed by atoms with Gasteiger partial charge in [-0.15, -0.1) is 0 Å². The van der Waals surface area contributed by atoms with Crippen LogP contribution in [-0.2, 0) is 10.8 Å². The van der Waals surface area contributed by atoms with Crippen molar-refractivity contribution in [2.75, 3.05) is 9.80 Å². The second-order valence-corrected chi connectivity index (χ2v) is 17.4. The maximum absolute atomic E-state index is 2.44. The third-order valence-electron chi connectivity index (χ3n) is 13.3. The highest BCUT2D eigenvalue weighted by molar-refractivity contribution is 5.99. The van der Waals surface area contributed by atoms with Gasteiger partial charge in [0.05, 0.1) is 5.69 Å². The predicted octanol–water partition coefficient (Wildman–Crippen LogP) is 16.1. The number of para-hydroxylation sites is 1. The number of anilines is 6. The van der Waals surface area contributed by atoms with Gasteiger partial charge >= 0.3 is 0 Å². The number of fused-ring (bicyclic) bond motifs is 7. The predicted molar refractivity (Wildman–Crippen MR) is 254 cm³/mol. The van der Waals surface area contributed by atoms with Gasteiger partial charge in [0, 0.05) is 44.7 Å². The van der Waals surface area contributed by atoms with Crippen molar-refractivity contribution in [1.29, 1.82) is 0 Å². The average Bonchev–Trinajstić information content (AvgIpc) is 3.66. The summed E-state index contributed by atoms with van der Waals surface area (Å²) in [7, 11) is 0. The number of benzene rings is 9. The highest BCUT2D eigenvalue weighted by Crippen LogP contribution is 2.53. The first-order chi connectivity index (χ1) is 29.3. The molecule has 0 atom stereocenters. The van der Waals surface area contributed by atoms with Crippen molar-refractivity contribution in [2.24, 2.45) is 0 Å². The fraction of sp³-hybridized carbons (Fsp3) is 0.103. The van der Waals surface area contributed by atoms with Crippen molar-refractivity contribution in [2.45, 2.75) is 38.5 Å². The fourth-order valence-corrected chi connectivity index (χ4v) is 10.2. The Morgan fingerprint density at radius 2 is 0.717 bits per heavy atom. The van der Waals surface area contributed by atoms with Crippen LogP contribution < -0.4 is 9.80 Å². The van der Waals surface area contributed by atoms with Crippen LogP contribution in [-0.4, -0.2) is 0 Å². The molecule has 2 aliphatic carbocycles. The molecule has 9 aromatic rings. The van der Waals surface area contributed by atoms with Gasteiger partial charge < -0.3 is 9.80 Å². The first kappa shape index (κ1) is 36.0.